The third kappa shape index (κ3) is 1.52. The number of pyridine rings is 1. The first-order valence-electron chi connectivity index (χ1n) is 5.28. The Kier molecular flexibility index (Phi) is 2.04. The Bertz CT molecular complexity index is 686. The maximum atomic E-state index is 6.06. The molecule has 17 heavy (non-hydrogen) atoms. The van der Waals surface area contributed by atoms with Crippen molar-refractivity contribution in [3.05, 3.63) is 42.5 Å². The maximum Gasteiger partial charge on any atom is 0.139 e. The van der Waals surface area contributed by atoms with Gasteiger partial charge in [0.25, 0.3) is 0 Å². The van der Waals surface area contributed by atoms with Gasteiger partial charge in [-0.3, -0.25) is 4.40 Å². The van der Waals surface area contributed by atoms with E-state index in [0.29, 0.717) is 17.3 Å². The molecule has 0 bridgehead atoms. The molecule has 0 fully saturated rings. The first-order valence-corrected chi connectivity index (χ1v) is 5.28. The molecular weight excluding hydrogens is 214 g/mol. The molecule has 3 rings (SSSR count). The van der Waals surface area contributed by atoms with Crippen LogP contribution in [-0.2, 0) is 0 Å². The van der Waals surface area contributed by atoms with Gasteiger partial charge in [0, 0.05) is 12.4 Å². The van der Waals surface area contributed by atoms with Crippen molar-refractivity contribution in [1.29, 1.82) is 0 Å². The van der Waals surface area contributed by atoms with Crippen molar-refractivity contribution in [3.63, 3.8) is 0 Å². The van der Waals surface area contributed by atoms with Gasteiger partial charge in [0.1, 0.15) is 23.0 Å². The van der Waals surface area contributed by atoms with Crippen LogP contribution in [-0.4, -0.2) is 19.4 Å². The number of aryl methyl sites for hydroxylation is 1. The fraction of sp³-hybridized carbons (Fsp3) is 0.0833. The predicted octanol–water partition coefficient (Wildman–Crippen LogP) is 1.68. The van der Waals surface area contributed by atoms with Crippen molar-refractivity contribution in [3.8, 4) is 11.4 Å². The van der Waals surface area contributed by atoms with E-state index in [1.54, 1.807) is 6.20 Å². The Morgan fingerprint density at radius 1 is 1.18 bits per heavy atom. The summed E-state index contributed by atoms with van der Waals surface area (Å²) in [4.78, 5) is 12.9. The van der Waals surface area contributed by atoms with Crippen LogP contribution in [0.15, 0.2) is 36.7 Å². The van der Waals surface area contributed by atoms with Gasteiger partial charge in [0.2, 0.25) is 0 Å². The van der Waals surface area contributed by atoms with Crippen LogP contribution in [0.4, 0.5) is 5.82 Å². The molecule has 84 valence electrons. The fourth-order valence-corrected chi connectivity index (χ4v) is 1.79. The molecule has 0 aromatic carbocycles. The molecule has 0 saturated carbocycles. The highest BCUT2D eigenvalue weighted by Gasteiger charge is 2.11. The maximum absolute atomic E-state index is 6.06. The first kappa shape index (κ1) is 9.77. The quantitative estimate of drug-likeness (QED) is 0.684. The molecule has 2 N–H and O–H groups in total. The van der Waals surface area contributed by atoms with Gasteiger partial charge in [-0.15, -0.1) is 0 Å². The second-order valence-electron chi connectivity index (χ2n) is 3.76. The Labute approximate surface area is 98.0 Å². The molecule has 0 radical (unpaired) electrons. The molecule has 0 saturated heterocycles. The summed E-state index contributed by atoms with van der Waals surface area (Å²) < 4.78 is 1.84. The summed E-state index contributed by atoms with van der Waals surface area (Å²) in [5, 5.41) is 0. The third-order valence-corrected chi connectivity index (χ3v) is 2.59. The Hall–Kier alpha value is -2.43. The van der Waals surface area contributed by atoms with Gasteiger partial charge in [-0.2, -0.15) is 0 Å². The Morgan fingerprint density at radius 2 is 2.06 bits per heavy atom. The summed E-state index contributed by atoms with van der Waals surface area (Å²) in [7, 11) is 0. The van der Waals surface area contributed by atoms with Crippen LogP contribution in [0.5, 0.6) is 0 Å². The lowest BCUT2D eigenvalue weighted by Gasteiger charge is -1.99. The molecule has 0 aliphatic heterocycles. The summed E-state index contributed by atoms with van der Waals surface area (Å²) >= 11 is 0. The summed E-state index contributed by atoms with van der Waals surface area (Å²) in [6.07, 6.45) is 3.59. The standard InChI is InChI=1S/C12H11N5/c1-8-14-6-5-9(15-8)11-12(13)17-7-3-2-4-10(17)16-11/h2-7H,13H2,1H3. The minimum Gasteiger partial charge on any atom is -0.383 e. The first-order chi connectivity index (χ1) is 8.25. The average Bonchev–Trinajstić information content (AvgIpc) is 2.68. The highest BCUT2D eigenvalue weighted by Crippen LogP contribution is 2.24. The normalized spacial score (nSPS) is 10.9. The topological polar surface area (TPSA) is 69.1 Å². The van der Waals surface area contributed by atoms with Crippen LogP contribution in [0.25, 0.3) is 17.0 Å². The van der Waals surface area contributed by atoms with Gasteiger partial charge in [-0.1, -0.05) is 6.07 Å². The minimum absolute atomic E-state index is 0.596. The molecule has 0 amide bonds. The molecule has 0 aliphatic rings. The summed E-state index contributed by atoms with van der Waals surface area (Å²) in [6.45, 7) is 1.84. The number of hydrogen-bond acceptors (Lipinski definition) is 4. The number of aromatic nitrogens is 4. The second kappa shape index (κ2) is 3.55. The lowest BCUT2D eigenvalue weighted by atomic mass is 10.3. The molecule has 0 atom stereocenters. The fourth-order valence-electron chi connectivity index (χ4n) is 1.79. The largest absolute Gasteiger partial charge is 0.383 e. The van der Waals surface area contributed by atoms with Crippen molar-refractivity contribution in [2.75, 3.05) is 5.73 Å². The molecule has 5 nitrogen and oxygen atoms in total. The van der Waals surface area contributed by atoms with Gasteiger partial charge in [0.15, 0.2) is 0 Å². The molecule has 0 spiro atoms. The molecule has 3 aromatic rings. The Morgan fingerprint density at radius 3 is 2.82 bits per heavy atom. The van der Waals surface area contributed by atoms with E-state index in [9.17, 15) is 0 Å². The van der Waals surface area contributed by atoms with Crippen molar-refractivity contribution in [1.82, 2.24) is 19.4 Å². The van der Waals surface area contributed by atoms with Crippen molar-refractivity contribution >= 4 is 11.5 Å². The third-order valence-electron chi connectivity index (χ3n) is 2.59. The van der Waals surface area contributed by atoms with Gasteiger partial charge < -0.3 is 5.73 Å². The number of nitrogen functional groups attached to an aromatic ring is 1. The number of rotatable bonds is 1. The summed E-state index contributed by atoms with van der Waals surface area (Å²) in [5.74, 6) is 1.30. The molecule has 5 heteroatoms. The van der Waals surface area contributed by atoms with Crippen LogP contribution in [0, 0.1) is 6.92 Å². The number of imidazole rings is 1. The van der Waals surface area contributed by atoms with E-state index < -0.39 is 0 Å². The lowest BCUT2D eigenvalue weighted by molar-refractivity contribution is 1.05. The monoisotopic (exact) mass is 225 g/mol. The van der Waals surface area contributed by atoms with Crippen LogP contribution in [0.2, 0.25) is 0 Å². The predicted molar refractivity (Wildman–Crippen MR) is 65.4 cm³/mol. The van der Waals surface area contributed by atoms with Gasteiger partial charge >= 0.3 is 0 Å². The van der Waals surface area contributed by atoms with Crippen molar-refractivity contribution in [2.24, 2.45) is 0 Å². The van der Waals surface area contributed by atoms with Gasteiger partial charge in [-0.05, 0) is 25.1 Å². The lowest BCUT2D eigenvalue weighted by Crippen LogP contribution is -1.95. The minimum atomic E-state index is 0.596. The van der Waals surface area contributed by atoms with E-state index >= 15 is 0 Å². The SMILES string of the molecule is Cc1nccc(-c2nc3ccccn3c2N)n1. The van der Waals surface area contributed by atoms with E-state index in [-0.39, 0.29) is 0 Å². The molecule has 0 aliphatic carbocycles. The average molecular weight is 225 g/mol. The van der Waals surface area contributed by atoms with E-state index in [1.807, 2.05) is 41.8 Å². The van der Waals surface area contributed by atoms with E-state index in [0.717, 1.165) is 11.3 Å². The van der Waals surface area contributed by atoms with Crippen LogP contribution in [0.3, 0.4) is 0 Å². The number of fused-ring (bicyclic) bond motifs is 1. The number of nitrogens with zero attached hydrogens (tertiary/aromatic N) is 4. The highest BCUT2D eigenvalue weighted by atomic mass is 15.1. The van der Waals surface area contributed by atoms with Crippen molar-refractivity contribution < 1.29 is 0 Å². The van der Waals surface area contributed by atoms with Crippen LogP contribution >= 0.6 is 0 Å². The van der Waals surface area contributed by atoms with E-state index in [1.165, 1.54) is 0 Å². The summed E-state index contributed by atoms with van der Waals surface area (Å²) in [5.41, 5.74) is 8.32. The zero-order valence-corrected chi connectivity index (χ0v) is 9.33. The molecular formula is C12H11N5. The smallest absolute Gasteiger partial charge is 0.139 e. The molecule has 3 heterocycles. The number of nitrogens with two attached hydrogens (primary N) is 1. The van der Waals surface area contributed by atoms with Crippen LogP contribution in [0.1, 0.15) is 5.82 Å². The summed E-state index contributed by atoms with van der Waals surface area (Å²) in [6, 6.07) is 7.57. The molecule has 0 unspecified atom stereocenters. The Balaban J connectivity index is 2.27. The van der Waals surface area contributed by atoms with E-state index in [4.69, 9.17) is 5.73 Å². The van der Waals surface area contributed by atoms with Crippen molar-refractivity contribution in [2.45, 2.75) is 6.92 Å². The van der Waals surface area contributed by atoms with Gasteiger partial charge in [-0.25, -0.2) is 15.0 Å². The second-order valence-corrected chi connectivity index (χ2v) is 3.76. The number of anilines is 1. The number of hydrogen-bond donors (Lipinski definition) is 1. The zero-order valence-electron chi connectivity index (χ0n) is 9.33. The van der Waals surface area contributed by atoms with E-state index in [2.05, 4.69) is 15.0 Å². The van der Waals surface area contributed by atoms with Crippen LogP contribution < -0.4 is 5.73 Å². The van der Waals surface area contributed by atoms with Gasteiger partial charge in [0.05, 0.1) is 5.69 Å². The molecule has 3 aromatic heterocycles. The zero-order chi connectivity index (χ0) is 11.8. The highest BCUT2D eigenvalue weighted by molar-refractivity contribution is 5.72.